The number of carbonyl (C=O) groups is 12. The predicted molar refractivity (Wildman–Crippen MR) is 448 cm³/mol. The van der Waals surface area contributed by atoms with Crippen LogP contribution in [0.1, 0.15) is 191 Å². The molecule has 0 spiro atoms. The second-order valence-electron chi connectivity index (χ2n) is 25.2. The number of thiocarbonyl (C=S) groups is 1. The van der Waals surface area contributed by atoms with E-state index in [0.717, 1.165) is 129 Å². The fourth-order valence-electron chi connectivity index (χ4n) is 10.0. The maximum Gasteiger partial charge on any atom is 1.00 e. The molecule has 0 bridgehead atoms. The number of esters is 1. The summed E-state index contributed by atoms with van der Waals surface area (Å²) in [6.07, 6.45) is 18.8. The number of nitrogens with two attached hydrogens (primary N) is 1. The van der Waals surface area contributed by atoms with Crippen molar-refractivity contribution in [2.75, 3.05) is 120 Å². The van der Waals surface area contributed by atoms with E-state index in [1.165, 1.54) is 43.7 Å². The van der Waals surface area contributed by atoms with Crippen molar-refractivity contribution in [1.29, 1.82) is 0 Å². The molecule has 2 aromatic rings. The number of hydrogen-bond acceptors (Lipinski definition) is 20. The average molecular weight is 1690 g/mol. The summed E-state index contributed by atoms with van der Waals surface area (Å²) >= 11 is 28.9. The molecular formula is C74H120Cl4LiN13O16S3. The summed E-state index contributed by atoms with van der Waals surface area (Å²) in [7, 11) is 8.78. The molecular weight excluding hydrogens is 1570 g/mol. The molecule has 5 aliphatic heterocycles. The van der Waals surface area contributed by atoms with E-state index >= 15 is 0 Å². The summed E-state index contributed by atoms with van der Waals surface area (Å²) in [5.74, 6) is -4.30. The number of carbonyl (C=O) groups excluding carboxylic acids is 11. The van der Waals surface area contributed by atoms with Crippen molar-refractivity contribution in [2.45, 2.75) is 182 Å². The van der Waals surface area contributed by atoms with Crippen LogP contribution < -0.4 is 45.9 Å². The minimum atomic E-state index is -1.08. The summed E-state index contributed by atoms with van der Waals surface area (Å²) in [4.78, 5) is 157. The van der Waals surface area contributed by atoms with Gasteiger partial charge in [0.05, 0.1) is 80.6 Å². The normalized spacial score (nSPS) is 14.5. The zero-order valence-electron chi connectivity index (χ0n) is 66.7. The maximum absolute atomic E-state index is 12.5. The van der Waals surface area contributed by atoms with Gasteiger partial charge in [0.1, 0.15) is 6.04 Å². The van der Waals surface area contributed by atoms with E-state index in [-0.39, 0.29) is 125 Å². The van der Waals surface area contributed by atoms with Gasteiger partial charge in [-0.3, -0.25) is 62.9 Å². The summed E-state index contributed by atoms with van der Waals surface area (Å²) in [5.41, 5.74) is 7.47. The van der Waals surface area contributed by atoms with E-state index in [2.05, 4.69) is 47.9 Å². The van der Waals surface area contributed by atoms with Crippen molar-refractivity contribution in [2.24, 2.45) is 20.7 Å². The van der Waals surface area contributed by atoms with Crippen LogP contribution in [-0.2, 0) is 52.7 Å². The quantitative estimate of drug-likeness (QED) is 0.0167. The molecule has 29 nitrogen and oxygen atoms in total. The number of nitrogens with zero attached hydrogens (tertiary/aromatic N) is 8. The first-order chi connectivity index (χ1) is 50.8. The molecule has 624 valence electrons. The van der Waals surface area contributed by atoms with Gasteiger partial charge in [0.15, 0.2) is 10.8 Å². The maximum atomic E-state index is 12.5. The Morgan fingerprint density at radius 3 is 1.21 bits per heavy atom. The number of rotatable bonds is 30. The number of amides is 8. The van der Waals surface area contributed by atoms with Gasteiger partial charge in [-0.2, -0.15) is 27.0 Å². The molecule has 2 aromatic carbocycles. The Balaban J connectivity index is -0.000000433. The molecule has 37 heteroatoms. The molecule has 2 fully saturated rings. The van der Waals surface area contributed by atoms with Crippen molar-refractivity contribution < 1.29 is 96.8 Å². The molecule has 2 saturated heterocycles. The van der Waals surface area contributed by atoms with Crippen LogP contribution in [0.5, 0.6) is 0 Å². The number of aliphatic hydroxyl groups is 1. The molecule has 8 amide bonds. The first-order valence-corrected chi connectivity index (χ1v) is 38.3. The first kappa shape index (κ1) is 113. The molecule has 0 aromatic heterocycles. The van der Waals surface area contributed by atoms with E-state index in [4.69, 9.17) is 69.5 Å². The van der Waals surface area contributed by atoms with Crippen molar-refractivity contribution in [3.05, 3.63) is 67.6 Å². The third-order valence-corrected chi connectivity index (χ3v) is 17.9. The zero-order valence-corrected chi connectivity index (χ0v) is 72.5. The minimum absolute atomic E-state index is 0. The van der Waals surface area contributed by atoms with Gasteiger partial charge in [0.2, 0.25) is 5.78 Å². The van der Waals surface area contributed by atoms with Crippen LogP contribution in [0.25, 0.3) is 0 Å². The number of ether oxygens (including phenoxy) is 1. The largest absolute Gasteiger partial charge is 1.00 e. The molecule has 5 heterocycles. The minimum Gasteiger partial charge on any atom is -0.870 e. The number of nitrogens with one attached hydrogen (secondary N) is 4. The number of carboxylic acid groups (broad SMARTS) is 1. The van der Waals surface area contributed by atoms with Crippen molar-refractivity contribution >= 4 is 178 Å². The number of benzene rings is 2. The fourth-order valence-corrected chi connectivity index (χ4v) is 11.4. The standard InChI is InChI=1S/C24H33Cl2N3O3.C23H31Cl2N3O4.C6H10N2O.C5H8N2O2.C5H8N2OS.C5H8O3.C4H11N.C2H6O.Li.H2O.2H2S/c1-17(30)20(28-23(31)22-18(25)11-10-12-19(22)26)13-8-6-4-3-5-7-9-14-21-24(32)29(2)16-15-27-21;1-28-15-14-26-18(22(28)30)12-7-5-3-2-4-6-8-13-19(23(31)32)27-21(29)20-16(24)10-9-11-17(20)25;1-5-6(9)8(2)4-3-7-5;1-7-3-2-6-4(8)5(7)9;1-7-3-2-6-4(9)5(7)8;1-3-8-5(7)4(2)6;1-2-3-4-5;1-2-3;;;;/h10-12,20H,3-9,13-16H2,1-2H3,(H,28,31);9-11,19H,2-8,12-15H2,1H3,(H,27,29)(H,31,32);3-4H2,1-2H3;2-3H2,1H3,(H,6,8);2-3H2,1H3,(H,6,9);3H2,1-2H3;2-5H2,1H3;3H,2H2,1H3;;3*1H2/q;;;;;;;;+1;;;/p-1/t20-;19-;;;;;;;;;;/m00........../s1. The fraction of sp³-hybridized carbons (Fsp3) is 0.622. The Hall–Kier alpha value is -6.28. The molecule has 0 saturated carbocycles. The Morgan fingerprint density at radius 1 is 0.550 bits per heavy atom. The zero-order chi connectivity index (χ0) is 81.0. The van der Waals surface area contributed by atoms with Crippen molar-refractivity contribution in [3.8, 4) is 0 Å². The molecule has 5 aliphatic rings. The third-order valence-electron chi connectivity index (χ3n) is 16.4. The molecule has 0 unspecified atom stereocenters. The number of hydrogen-bond donors (Lipinski definition) is 7. The summed E-state index contributed by atoms with van der Waals surface area (Å²) in [5, 5.41) is 28.4. The second kappa shape index (κ2) is 67.1. The summed E-state index contributed by atoms with van der Waals surface area (Å²) < 4.78 is 4.31. The molecule has 2 atom stereocenters. The molecule has 0 aliphatic carbocycles. The van der Waals surface area contributed by atoms with Crippen LogP contribution in [-0.4, -0.2) is 266 Å². The van der Waals surface area contributed by atoms with Gasteiger partial charge in [-0.05, 0) is 103 Å². The predicted octanol–water partition coefficient (Wildman–Crippen LogP) is 5.51. The van der Waals surface area contributed by atoms with E-state index in [1.54, 1.807) is 85.8 Å². The Kier molecular flexibility index (Phi) is 68.5. The molecule has 0 radical (unpaired) electrons. The number of piperazine rings is 2. The van der Waals surface area contributed by atoms with E-state index in [1.807, 2.05) is 14.1 Å². The SMILES string of the molecule is CC(=O)[C@H](CCCCCCCCCC1=NCCN(C)C1=O)NC(=O)c1c(Cl)cccc1Cl.CC1=NCCN(C)C1=O.CCCCN.CCO.CCOC(=O)C(C)=O.CN1CCN=C(CCCCCCCCC[C@H](NC(=O)c2c(Cl)cccc2Cl)C(=O)O)C1=O.CN1CCNC(=O)C1=O.CN1CCNC(=S)C1=O.S.S.[Li+].[OH-]. The number of ketones is 2. The van der Waals surface area contributed by atoms with Crippen LogP contribution >= 0.6 is 85.6 Å². The van der Waals surface area contributed by atoms with Gasteiger partial charge in [0, 0.05) is 94.6 Å². The number of aliphatic carboxylic acids is 1. The Bertz CT molecular complexity index is 3100. The van der Waals surface area contributed by atoms with Crippen LogP contribution in [0, 0.1) is 0 Å². The van der Waals surface area contributed by atoms with Crippen LogP contribution in [0.2, 0.25) is 20.1 Å². The first-order valence-electron chi connectivity index (χ1n) is 36.4. The van der Waals surface area contributed by atoms with Gasteiger partial charge in [0.25, 0.3) is 35.4 Å². The molecule has 111 heavy (non-hydrogen) atoms. The van der Waals surface area contributed by atoms with Gasteiger partial charge in [-0.25, -0.2) is 9.59 Å². The van der Waals surface area contributed by atoms with E-state index in [9.17, 15) is 62.6 Å². The third kappa shape index (κ3) is 48.5. The number of carboxylic acids is 1. The van der Waals surface area contributed by atoms with Crippen LogP contribution in [0.3, 0.4) is 0 Å². The van der Waals surface area contributed by atoms with Crippen molar-refractivity contribution in [3.63, 3.8) is 0 Å². The van der Waals surface area contributed by atoms with E-state index < -0.39 is 53.4 Å². The van der Waals surface area contributed by atoms with Crippen LogP contribution in [0.4, 0.5) is 0 Å². The smallest absolute Gasteiger partial charge is 0.870 e. The Morgan fingerprint density at radius 2 is 0.901 bits per heavy atom. The topological polar surface area (TPSA) is 412 Å². The number of Topliss-reactive ketones (excluding diaryl/α,β-unsaturated/α-hetero) is 2. The number of unbranched alkanes of at least 4 members (excludes halogenated alkanes) is 13. The van der Waals surface area contributed by atoms with Gasteiger partial charge >= 0.3 is 42.6 Å². The second-order valence-corrected chi connectivity index (χ2v) is 27.3. The average Bonchev–Trinajstić information content (AvgIpc) is 0.836. The summed E-state index contributed by atoms with van der Waals surface area (Å²) in [6, 6.07) is 8.05. The van der Waals surface area contributed by atoms with Gasteiger partial charge < -0.3 is 71.9 Å². The van der Waals surface area contributed by atoms with E-state index in [0.29, 0.717) is 80.7 Å². The van der Waals surface area contributed by atoms with Gasteiger partial charge in [-0.15, -0.1) is 0 Å². The molecule has 9 N–H and O–H groups in total. The number of halogens is 4. The number of aliphatic imine (C=N–C) groups is 3. The van der Waals surface area contributed by atoms with Gasteiger partial charge in [-0.1, -0.05) is 161 Å². The van der Waals surface area contributed by atoms with Crippen molar-refractivity contribution in [1.82, 2.24) is 45.8 Å². The van der Waals surface area contributed by atoms with Crippen LogP contribution in [0.15, 0.2) is 51.4 Å². The Labute approximate surface area is 707 Å². The number of aliphatic hydroxyl groups excluding tert-OH is 1. The monoisotopic (exact) mass is 1690 g/mol. The summed E-state index contributed by atoms with van der Waals surface area (Å²) in [6.45, 7) is 18.3. The molecule has 7 rings (SSSR count). The number of likely N-dealkylation sites (N-methyl/N-ethyl adjacent to an activating group) is 5.